The molecule has 0 aliphatic carbocycles. The smallest absolute Gasteiger partial charge is 0.266 e. The summed E-state index contributed by atoms with van der Waals surface area (Å²) in [7, 11) is 0. The SMILES string of the molecule is Cc1cccc2nc(CN)c(-c3cccc(F)c3)c(=O)n12.Cc1cccc2nc(CNc3ncnc4nc[nH]c34)c(-c3cccc(F)c3)c(=O)n12. The van der Waals surface area contributed by atoms with Crippen LogP contribution in [0.2, 0.25) is 0 Å². The molecule has 6 aromatic heterocycles. The molecular formula is C37H30F2N10O2. The molecule has 0 aliphatic heterocycles. The van der Waals surface area contributed by atoms with Gasteiger partial charge in [0, 0.05) is 17.9 Å². The lowest BCUT2D eigenvalue weighted by Gasteiger charge is -2.14. The van der Waals surface area contributed by atoms with Gasteiger partial charge in [-0.1, -0.05) is 36.4 Å². The quantitative estimate of drug-likeness (QED) is 0.210. The van der Waals surface area contributed by atoms with E-state index in [0.717, 1.165) is 11.4 Å². The fourth-order valence-corrected chi connectivity index (χ4v) is 5.98. The third-order valence-corrected chi connectivity index (χ3v) is 8.31. The molecule has 8 aromatic rings. The molecule has 4 N–H and O–H groups in total. The maximum atomic E-state index is 13.9. The average Bonchev–Trinajstić information content (AvgIpc) is 3.61. The first-order chi connectivity index (χ1) is 24.7. The van der Waals surface area contributed by atoms with Gasteiger partial charge in [-0.3, -0.25) is 18.4 Å². The number of aromatic nitrogens is 8. The Bertz CT molecular complexity index is 2700. The van der Waals surface area contributed by atoms with Gasteiger partial charge < -0.3 is 16.0 Å². The van der Waals surface area contributed by atoms with E-state index in [2.05, 4.69) is 30.2 Å². The van der Waals surface area contributed by atoms with Crippen molar-refractivity contribution in [1.29, 1.82) is 0 Å². The lowest BCUT2D eigenvalue weighted by atomic mass is 10.0. The zero-order chi connectivity index (χ0) is 35.6. The maximum Gasteiger partial charge on any atom is 0.266 e. The van der Waals surface area contributed by atoms with Crippen molar-refractivity contribution in [1.82, 2.24) is 38.7 Å². The first-order valence-corrected chi connectivity index (χ1v) is 15.9. The Hall–Kier alpha value is -6.67. The standard InChI is InChI=1S/C21H16FN7O.C16H14FN3O/c1-12-4-2-7-16-28-15(9-23-19-18-20(25-10-24-18)27-11-26-19)17(21(30)29(12)16)13-5-3-6-14(22)8-13;1-10-4-2-7-14-19-13(9-18)15(16(21)20(10)14)11-5-3-6-12(17)8-11/h2-8,10-11H,9H2,1H3,(H2,23,24,25,26,27);2-8H,9,18H2,1H3. The van der Waals surface area contributed by atoms with Crippen molar-refractivity contribution in [2.75, 3.05) is 5.32 Å². The van der Waals surface area contributed by atoms with Gasteiger partial charge in [-0.05, 0) is 73.5 Å². The van der Waals surface area contributed by atoms with Crippen LogP contribution in [0, 0.1) is 25.5 Å². The number of nitrogens with zero attached hydrogens (tertiary/aromatic N) is 7. The number of halogens is 2. The number of hydrogen-bond donors (Lipinski definition) is 3. The second kappa shape index (κ2) is 13.7. The van der Waals surface area contributed by atoms with Crippen molar-refractivity contribution in [2.45, 2.75) is 26.9 Å². The predicted molar refractivity (Wildman–Crippen MR) is 190 cm³/mol. The van der Waals surface area contributed by atoms with Crippen molar-refractivity contribution in [3.8, 4) is 22.3 Å². The molecule has 0 aliphatic rings. The summed E-state index contributed by atoms with van der Waals surface area (Å²) >= 11 is 0. The number of aryl methyl sites for hydroxylation is 2. The van der Waals surface area contributed by atoms with Crippen molar-refractivity contribution in [3.05, 3.63) is 153 Å². The van der Waals surface area contributed by atoms with Crippen LogP contribution in [-0.2, 0) is 13.1 Å². The molecule has 8 rings (SSSR count). The Kier molecular flexibility index (Phi) is 8.81. The summed E-state index contributed by atoms with van der Waals surface area (Å²) in [5.41, 5.74) is 11.6. The van der Waals surface area contributed by atoms with Gasteiger partial charge in [-0.25, -0.2) is 33.7 Å². The van der Waals surface area contributed by atoms with Crippen LogP contribution in [0.4, 0.5) is 14.6 Å². The van der Waals surface area contributed by atoms with Crippen LogP contribution in [0.5, 0.6) is 0 Å². The van der Waals surface area contributed by atoms with Crippen LogP contribution in [0.25, 0.3) is 44.7 Å². The van der Waals surface area contributed by atoms with E-state index < -0.39 is 11.6 Å². The highest BCUT2D eigenvalue weighted by atomic mass is 19.1. The third-order valence-electron chi connectivity index (χ3n) is 8.31. The summed E-state index contributed by atoms with van der Waals surface area (Å²) in [4.78, 5) is 50.8. The molecule has 12 nitrogen and oxygen atoms in total. The van der Waals surface area contributed by atoms with E-state index in [1.54, 1.807) is 36.4 Å². The van der Waals surface area contributed by atoms with Crippen molar-refractivity contribution in [3.63, 3.8) is 0 Å². The van der Waals surface area contributed by atoms with Gasteiger partial charge in [0.1, 0.15) is 34.8 Å². The van der Waals surface area contributed by atoms with Gasteiger partial charge in [-0.15, -0.1) is 0 Å². The van der Waals surface area contributed by atoms with E-state index in [9.17, 15) is 18.4 Å². The Morgan fingerprint density at radius 2 is 1.27 bits per heavy atom. The molecule has 51 heavy (non-hydrogen) atoms. The van der Waals surface area contributed by atoms with Crippen LogP contribution in [0.1, 0.15) is 22.8 Å². The van der Waals surface area contributed by atoms with E-state index in [0.29, 0.717) is 61.9 Å². The molecule has 0 unspecified atom stereocenters. The third kappa shape index (κ3) is 6.31. The molecule has 0 amide bonds. The lowest BCUT2D eigenvalue weighted by Crippen LogP contribution is -2.23. The number of anilines is 1. The first-order valence-electron chi connectivity index (χ1n) is 15.9. The Balaban J connectivity index is 0.000000170. The Labute approximate surface area is 288 Å². The minimum Gasteiger partial charge on any atom is -0.362 e. The highest BCUT2D eigenvalue weighted by molar-refractivity contribution is 5.82. The Morgan fingerprint density at radius 1 is 0.725 bits per heavy atom. The van der Waals surface area contributed by atoms with Gasteiger partial charge >= 0.3 is 0 Å². The molecule has 254 valence electrons. The summed E-state index contributed by atoms with van der Waals surface area (Å²) in [5, 5.41) is 3.19. The molecule has 0 spiro atoms. The molecule has 0 saturated heterocycles. The van der Waals surface area contributed by atoms with Crippen LogP contribution in [-0.4, -0.2) is 38.7 Å². The first kappa shape index (κ1) is 32.9. The number of nitrogens with two attached hydrogens (primary N) is 1. The minimum atomic E-state index is -0.421. The molecule has 0 bridgehead atoms. The van der Waals surface area contributed by atoms with Crippen LogP contribution >= 0.6 is 0 Å². The zero-order valence-electron chi connectivity index (χ0n) is 27.4. The van der Waals surface area contributed by atoms with Crippen molar-refractivity contribution >= 4 is 28.3 Å². The van der Waals surface area contributed by atoms with Crippen LogP contribution in [0.15, 0.2) is 107 Å². The van der Waals surface area contributed by atoms with Crippen molar-refractivity contribution < 1.29 is 8.78 Å². The number of aromatic amines is 1. The van der Waals surface area contributed by atoms with Gasteiger partial charge in [0.05, 0.1) is 35.4 Å². The highest BCUT2D eigenvalue weighted by Gasteiger charge is 2.18. The minimum absolute atomic E-state index is 0.117. The molecule has 2 aromatic carbocycles. The Morgan fingerprint density at radius 3 is 1.84 bits per heavy atom. The number of H-pyrrole nitrogens is 1. The van der Waals surface area contributed by atoms with Gasteiger partial charge in [0.15, 0.2) is 11.5 Å². The van der Waals surface area contributed by atoms with Crippen LogP contribution < -0.4 is 22.2 Å². The lowest BCUT2D eigenvalue weighted by molar-refractivity contribution is 0.628. The number of rotatable bonds is 6. The van der Waals surface area contributed by atoms with E-state index >= 15 is 0 Å². The van der Waals surface area contributed by atoms with Crippen molar-refractivity contribution in [2.24, 2.45) is 5.73 Å². The fraction of sp³-hybridized carbons (Fsp3) is 0.108. The molecule has 0 atom stereocenters. The zero-order valence-corrected chi connectivity index (χ0v) is 27.4. The fourth-order valence-electron chi connectivity index (χ4n) is 5.98. The predicted octanol–water partition coefficient (Wildman–Crippen LogP) is 5.36. The topological polar surface area (TPSA) is 161 Å². The van der Waals surface area contributed by atoms with Crippen LogP contribution in [0.3, 0.4) is 0 Å². The largest absolute Gasteiger partial charge is 0.362 e. The number of nitrogens with one attached hydrogen (secondary N) is 2. The number of imidazole rings is 1. The summed E-state index contributed by atoms with van der Waals surface area (Å²) in [6.45, 7) is 3.98. The molecule has 6 heterocycles. The number of hydrogen-bond acceptors (Lipinski definition) is 9. The van der Waals surface area contributed by atoms with E-state index in [4.69, 9.17) is 10.7 Å². The number of fused-ring (bicyclic) bond motifs is 3. The summed E-state index contributed by atoms with van der Waals surface area (Å²) < 4.78 is 30.4. The number of benzene rings is 2. The van der Waals surface area contributed by atoms with E-state index in [1.165, 1.54) is 45.7 Å². The molecule has 0 saturated carbocycles. The van der Waals surface area contributed by atoms with E-state index in [1.807, 2.05) is 38.1 Å². The summed E-state index contributed by atoms with van der Waals surface area (Å²) in [5.74, 6) is -0.283. The van der Waals surface area contributed by atoms with Gasteiger partial charge in [-0.2, -0.15) is 0 Å². The summed E-state index contributed by atoms with van der Waals surface area (Å²) in [6.07, 6.45) is 2.94. The van der Waals surface area contributed by atoms with E-state index in [-0.39, 0.29) is 24.2 Å². The second-order valence-corrected chi connectivity index (χ2v) is 11.6. The molecule has 0 fully saturated rings. The highest BCUT2D eigenvalue weighted by Crippen LogP contribution is 2.24. The maximum absolute atomic E-state index is 13.9. The normalized spacial score (nSPS) is 11.2. The van der Waals surface area contributed by atoms with Gasteiger partial charge in [0.2, 0.25) is 0 Å². The monoisotopic (exact) mass is 684 g/mol. The molecule has 14 heteroatoms. The molecular weight excluding hydrogens is 654 g/mol. The van der Waals surface area contributed by atoms with Gasteiger partial charge in [0.25, 0.3) is 11.1 Å². The average molecular weight is 685 g/mol. The summed E-state index contributed by atoms with van der Waals surface area (Å²) in [6, 6.07) is 22.7. The molecule has 0 radical (unpaired) electrons. The second-order valence-electron chi connectivity index (χ2n) is 11.6. The number of pyridine rings is 2.